The van der Waals surface area contributed by atoms with E-state index in [2.05, 4.69) is 17.7 Å². The van der Waals surface area contributed by atoms with Gasteiger partial charge in [0.2, 0.25) is 0 Å². The van der Waals surface area contributed by atoms with Gasteiger partial charge in [-0.25, -0.2) is 8.78 Å². The molecular weight excluding hydrogens is 419 g/mol. The number of allylic oxidation sites excluding steroid dienone is 2. The summed E-state index contributed by atoms with van der Waals surface area (Å²) in [5.41, 5.74) is 1.46. The van der Waals surface area contributed by atoms with Crippen LogP contribution in [-0.4, -0.2) is 6.36 Å². The molecule has 1 aromatic heterocycles. The van der Waals surface area contributed by atoms with Gasteiger partial charge in [-0.05, 0) is 61.1 Å². The molecule has 0 bridgehead atoms. The van der Waals surface area contributed by atoms with Gasteiger partial charge in [-0.1, -0.05) is 25.1 Å². The van der Waals surface area contributed by atoms with Crippen LogP contribution in [0.1, 0.15) is 38.2 Å². The molecule has 0 amide bonds. The Balaban J connectivity index is 1.53. The molecule has 30 heavy (non-hydrogen) atoms. The molecule has 1 heterocycles. The smallest absolute Gasteiger partial charge is 0.403 e. The van der Waals surface area contributed by atoms with Crippen molar-refractivity contribution in [2.24, 2.45) is 17.8 Å². The summed E-state index contributed by atoms with van der Waals surface area (Å²) in [6.07, 6.45) is 1.19. The molecule has 1 saturated carbocycles. The van der Waals surface area contributed by atoms with Crippen LogP contribution in [0.5, 0.6) is 5.75 Å². The van der Waals surface area contributed by atoms with Crippen LogP contribution in [0, 0.1) is 29.4 Å². The molecular formula is C23H19F5OS. The maximum Gasteiger partial charge on any atom is 0.573 e. The minimum Gasteiger partial charge on any atom is -0.403 e. The highest BCUT2D eigenvalue weighted by Crippen LogP contribution is 2.50. The van der Waals surface area contributed by atoms with E-state index in [4.69, 9.17) is 0 Å². The Morgan fingerprint density at radius 3 is 2.27 bits per heavy atom. The van der Waals surface area contributed by atoms with Crippen LogP contribution in [0.3, 0.4) is 0 Å². The number of hydrogen-bond donors (Lipinski definition) is 0. The van der Waals surface area contributed by atoms with E-state index in [0.29, 0.717) is 22.3 Å². The molecule has 3 unspecified atom stereocenters. The van der Waals surface area contributed by atoms with Gasteiger partial charge in [0, 0.05) is 16.3 Å². The van der Waals surface area contributed by atoms with Gasteiger partial charge in [0.05, 0.1) is 9.40 Å². The van der Waals surface area contributed by atoms with Crippen LogP contribution >= 0.6 is 11.3 Å². The number of rotatable bonds is 3. The summed E-state index contributed by atoms with van der Waals surface area (Å²) in [6.45, 7) is 2.27. The zero-order valence-electron chi connectivity index (χ0n) is 16.2. The number of alkyl halides is 3. The molecule has 0 aliphatic heterocycles. The molecule has 158 valence electrons. The Morgan fingerprint density at radius 2 is 1.67 bits per heavy atom. The summed E-state index contributed by atoms with van der Waals surface area (Å²) in [5, 5.41) is 0.877. The molecule has 2 aliphatic rings. The van der Waals surface area contributed by atoms with Crippen molar-refractivity contribution >= 4 is 37.1 Å². The SMILES string of the molecule is CC1CC1C1CC=C(c2ccc3c(sc4c(F)c(OC(F)(F)F)ccc43)c2F)CC1. The van der Waals surface area contributed by atoms with Gasteiger partial charge in [0.15, 0.2) is 11.6 Å². The Bertz CT molecular complexity index is 1180. The lowest BCUT2D eigenvalue weighted by atomic mass is 9.83. The lowest BCUT2D eigenvalue weighted by molar-refractivity contribution is -0.275. The highest BCUT2D eigenvalue weighted by atomic mass is 32.1. The van der Waals surface area contributed by atoms with E-state index in [-0.39, 0.29) is 9.40 Å². The number of fused-ring (bicyclic) bond motifs is 3. The fourth-order valence-electron chi connectivity index (χ4n) is 4.77. The van der Waals surface area contributed by atoms with Gasteiger partial charge in [-0.15, -0.1) is 24.5 Å². The second kappa shape index (κ2) is 6.94. The molecule has 1 nitrogen and oxygen atoms in total. The monoisotopic (exact) mass is 438 g/mol. The second-order valence-electron chi connectivity index (χ2n) is 8.35. The standard InChI is InChI=1S/C23H19F5OS/c1-11-10-17(11)13-4-2-12(3-5-13)14-6-7-15-16-8-9-18(29-23(26,27)28)20(25)22(16)30-21(15)19(14)24/h2,6-9,11,13,17H,3-5,10H2,1H3. The zero-order chi connectivity index (χ0) is 21.2. The summed E-state index contributed by atoms with van der Waals surface area (Å²) < 4.78 is 71.5. The fourth-order valence-corrected chi connectivity index (χ4v) is 5.94. The Labute approximate surface area is 174 Å². The van der Waals surface area contributed by atoms with Crippen molar-refractivity contribution in [3.8, 4) is 5.75 Å². The van der Waals surface area contributed by atoms with Crippen molar-refractivity contribution in [2.75, 3.05) is 0 Å². The zero-order valence-corrected chi connectivity index (χ0v) is 17.0. The third kappa shape index (κ3) is 3.37. The second-order valence-corrected chi connectivity index (χ2v) is 9.37. The molecule has 1 fully saturated rings. The van der Waals surface area contributed by atoms with Crippen LogP contribution < -0.4 is 4.74 Å². The normalized spacial score (nSPS) is 24.3. The van der Waals surface area contributed by atoms with E-state index >= 15 is 4.39 Å². The first kappa shape index (κ1) is 19.8. The van der Waals surface area contributed by atoms with Gasteiger partial charge < -0.3 is 4.74 Å². The molecule has 0 saturated heterocycles. The lowest BCUT2D eigenvalue weighted by Gasteiger charge is -2.22. The van der Waals surface area contributed by atoms with Gasteiger partial charge in [0.1, 0.15) is 5.82 Å². The summed E-state index contributed by atoms with van der Waals surface area (Å²) in [4.78, 5) is 0. The van der Waals surface area contributed by atoms with E-state index in [9.17, 15) is 17.6 Å². The number of benzene rings is 2. The first-order valence-corrected chi connectivity index (χ1v) is 10.8. The summed E-state index contributed by atoms with van der Waals surface area (Å²) in [7, 11) is 0. The van der Waals surface area contributed by atoms with Crippen LogP contribution in [0.15, 0.2) is 30.3 Å². The van der Waals surface area contributed by atoms with E-state index in [0.717, 1.165) is 54.1 Å². The number of halogens is 5. The Kier molecular flexibility index (Phi) is 4.58. The van der Waals surface area contributed by atoms with Gasteiger partial charge >= 0.3 is 6.36 Å². The first-order chi connectivity index (χ1) is 14.2. The fraction of sp³-hybridized carbons (Fsp3) is 0.391. The van der Waals surface area contributed by atoms with Crippen LogP contribution in [0.4, 0.5) is 22.0 Å². The van der Waals surface area contributed by atoms with Crippen LogP contribution in [0.25, 0.3) is 25.7 Å². The minimum absolute atomic E-state index is 0.0387. The highest BCUT2D eigenvalue weighted by molar-refractivity contribution is 7.25. The molecule has 3 atom stereocenters. The quantitative estimate of drug-likeness (QED) is 0.376. The largest absolute Gasteiger partial charge is 0.573 e. The lowest BCUT2D eigenvalue weighted by Crippen LogP contribution is -2.17. The third-order valence-corrected chi connectivity index (χ3v) is 7.66. The number of hydrogen-bond acceptors (Lipinski definition) is 2. The van der Waals surface area contributed by atoms with Gasteiger partial charge in [0.25, 0.3) is 0 Å². The number of thiophene rings is 1. The topological polar surface area (TPSA) is 9.23 Å². The molecule has 3 aromatic rings. The average molecular weight is 438 g/mol. The Hall–Kier alpha value is -2.15. The predicted molar refractivity (Wildman–Crippen MR) is 109 cm³/mol. The van der Waals surface area contributed by atoms with Crippen LogP contribution in [0.2, 0.25) is 0 Å². The summed E-state index contributed by atoms with van der Waals surface area (Å²) in [6, 6.07) is 5.71. The summed E-state index contributed by atoms with van der Waals surface area (Å²) >= 11 is 0.824. The first-order valence-electron chi connectivity index (χ1n) is 10.0. The average Bonchev–Trinajstić information content (AvgIpc) is 3.29. The molecule has 2 aromatic carbocycles. The van der Waals surface area contributed by atoms with E-state index < -0.39 is 23.7 Å². The maximum absolute atomic E-state index is 15.4. The maximum atomic E-state index is 15.4. The van der Waals surface area contributed by atoms with E-state index in [1.807, 2.05) is 0 Å². The molecule has 5 rings (SSSR count). The van der Waals surface area contributed by atoms with Gasteiger partial charge in [-0.3, -0.25) is 0 Å². The molecule has 0 spiro atoms. The number of ether oxygens (including phenoxy) is 1. The predicted octanol–water partition coefficient (Wildman–Crippen LogP) is 8.07. The highest BCUT2D eigenvalue weighted by Gasteiger charge is 2.39. The summed E-state index contributed by atoms with van der Waals surface area (Å²) in [5.74, 6) is -0.216. The molecule has 0 radical (unpaired) electrons. The third-order valence-electron chi connectivity index (χ3n) is 6.45. The minimum atomic E-state index is -4.99. The van der Waals surface area contributed by atoms with Crippen LogP contribution in [-0.2, 0) is 0 Å². The Morgan fingerprint density at radius 1 is 1.00 bits per heavy atom. The molecule has 0 N–H and O–H groups in total. The molecule has 2 aliphatic carbocycles. The van der Waals surface area contributed by atoms with Gasteiger partial charge in [-0.2, -0.15) is 0 Å². The van der Waals surface area contributed by atoms with E-state index in [1.54, 1.807) is 12.1 Å². The van der Waals surface area contributed by atoms with Crippen molar-refractivity contribution in [2.45, 2.75) is 39.0 Å². The van der Waals surface area contributed by atoms with Crippen molar-refractivity contribution in [1.82, 2.24) is 0 Å². The van der Waals surface area contributed by atoms with Crippen molar-refractivity contribution < 1.29 is 26.7 Å². The molecule has 7 heteroatoms. The van der Waals surface area contributed by atoms with Crippen molar-refractivity contribution in [3.05, 3.63) is 47.5 Å². The van der Waals surface area contributed by atoms with Crippen molar-refractivity contribution in [1.29, 1.82) is 0 Å². The van der Waals surface area contributed by atoms with Crippen molar-refractivity contribution in [3.63, 3.8) is 0 Å². The van der Waals surface area contributed by atoms with E-state index in [1.165, 1.54) is 12.5 Å².